The first-order valence-electron chi connectivity index (χ1n) is 7.09. The van der Waals surface area contributed by atoms with Crippen molar-refractivity contribution >= 4 is 0 Å². The molecule has 1 fully saturated rings. The molecular formula is C14H17F2N5. The largest absolute Gasteiger partial charge is 0.350 e. The Hall–Kier alpha value is -1.89. The van der Waals surface area contributed by atoms with Crippen LogP contribution in [0.25, 0.3) is 0 Å². The van der Waals surface area contributed by atoms with E-state index >= 15 is 0 Å². The summed E-state index contributed by atoms with van der Waals surface area (Å²) in [6, 6.07) is 9.82. The fourth-order valence-corrected chi connectivity index (χ4v) is 2.91. The van der Waals surface area contributed by atoms with Gasteiger partial charge in [0.25, 0.3) is 0 Å². The van der Waals surface area contributed by atoms with E-state index in [9.17, 15) is 8.78 Å². The van der Waals surface area contributed by atoms with Crippen molar-refractivity contribution in [2.45, 2.75) is 25.3 Å². The SMILES string of the molecule is FC(F)n1nnc(C(c2ccccc2)C2CCNCC2)n1. The Labute approximate surface area is 121 Å². The lowest BCUT2D eigenvalue weighted by molar-refractivity contribution is 0.0392. The zero-order valence-electron chi connectivity index (χ0n) is 11.5. The molecule has 1 unspecified atom stereocenters. The van der Waals surface area contributed by atoms with E-state index in [0.717, 1.165) is 31.5 Å². The summed E-state index contributed by atoms with van der Waals surface area (Å²) in [6.07, 6.45) is 1.95. The Balaban J connectivity index is 1.94. The van der Waals surface area contributed by atoms with Crippen LogP contribution in [-0.2, 0) is 0 Å². The molecule has 7 heteroatoms. The fourth-order valence-electron chi connectivity index (χ4n) is 2.91. The lowest BCUT2D eigenvalue weighted by atomic mass is 9.80. The predicted molar refractivity (Wildman–Crippen MR) is 72.9 cm³/mol. The summed E-state index contributed by atoms with van der Waals surface area (Å²) in [5.41, 5.74) is 1.05. The number of aromatic nitrogens is 4. The van der Waals surface area contributed by atoms with Gasteiger partial charge < -0.3 is 5.32 Å². The molecule has 5 nitrogen and oxygen atoms in total. The molecule has 0 aliphatic carbocycles. The molecule has 1 N–H and O–H groups in total. The van der Waals surface area contributed by atoms with Crippen LogP contribution in [0.4, 0.5) is 8.78 Å². The van der Waals surface area contributed by atoms with E-state index in [-0.39, 0.29) is 5.92 Å². The third-order valence-corrected chi connectivity index (χ3v) is 3.91. The second-order valence-electron chi connectivity index (χ2n) is 5.22. The minimum Gasteiger partial charge on any atom is -0.317 e. The molecule has 0 radical (unpaired) electrons. The number of halogens is 2. The van der Waals surface area contributed by atoms with Gasteiger partial charge in [0.05, 0.1) is 5.92 Å². The molecule has 1 aromatic heterocycles. The Kier molecular flexibility index (Phi) is 4.19. The van der Waals surface area contributed by atoms with E-state index in [0.29, 0.717) is 16.5 Å². The molecule has 1 aromatic carbocycles. The van der Waals surface area contributed by atoms with Gasteiger partial charge in [-0.05, 0) is 42.6 Å². The number of alkyl halides is 2. The molecule has 1 saturated heterocycles. The summed E-state index contributed by atoms with van der Waals surface area (Å²) in [5, 5.41) is 14.5. The summed E-state index contributed by atoms with van der Waals surface area (Å²) >= 11 is 0. The number of nitrogens with zero attached hydrogens (tertiary/aromatic N) is 4. The molecule has 0 spiro atoms. The number of piperidine rings is 1. The van der Waals surface area contributed by atoms with Gasteiger partial charge in [-0.3, -0.25) is 0 Å². The standard InChI is InChI=1S/C14H17F2N5/c15-14(16)21-19-13(18-20-21)12(10-4-2-1-3-5-10)11-6-8-17-9-7-11/h1-5,11-12,14,17H,6-9H2. The topological polar surface area (TPSA) is 55.6 Å². The number of benzene rings is 1. The van der Waals surface area contributed by atoms with Crippen LogP contribution in [0.5, 0.6) is 0 Å². The van der Waals surface area contributed by atoms with Gasteiger partial charge in [-0.25, -0.2) is 0 Å². The third-order valence-electron chi connectivity index (χ3n) is 3.91. The highest BCUT2D eigenvalue weighted by Gasteiger charge is 2.30. The molecule has 0 bridgehead atoms. The minimum atomic E-state index is -2.75. The normalized spacial score (nSPS) is 18.0. The fraction of sp³-hybridized carbons (Fsp3) is 0.500. The van der Waals surface area contributed by atoms with Crippen molar-refractivity contribution in [2.24, 2.45) is 5.92 Å². The summed E-state index contributed by atoms with van der Waals surface area (Å²) in [4.78, 5) is 0.381. The summed E-state index contributed by atoms with van der Waals surface area (Å²) in [6.45, 7) is -0.899. The molecule has 1 aliphatic rings. The molecule has 0 amide bonds. The Bertz CT molecular complexity index is 566. The maximum Gasteiger partial charge on any atom is 0.350 e. The van der Waals surface area contributed by atoms with Crippen LogP contribution in [0.1, 0.15) is 36.7 Å². The van der Waals surface area contributed by atoms with Crippen LogP contribution in [0.3, 0.4) is 0 Å². The molecule has 1 atom stereocenters. The second-order valence-corrected chi connectivity index (χ2v) is 5.22. The first kappa shape index (κ1) is 14.1. The molecule has 2 heterocycles. The highest BCUT2D eigenvalue weighted by molar-refractivity contribution is 5.26. The van der Waals surface area contributed by atoms with E-state index in [2.05, 4.69) is 20.7 Å². The quantitative estimate of drug-likeness (QED) is 0.939. The average molecular weight is 293 g/mol. The number of rotatable bonds is 4. The molecule has 1 aliphatic heterocycles. The summed E-state index contributed by atoms with van der Waals surface area (Å²) in [5.74, 6) is 0.637. The van der Waals surface area contributed by atoms with Gasteiger partial charge in [0.1, 0.15) is 0 Å². The van der Waals surface area contributed by atoms with Crippen molar-refractivity contribution in [1.29, 1.82) is 0 Å². The van der Waals surface area contributed by atoms with Crippen LogP contribution in [0.2, 0.25) is 0 Å². The summed E-state index contributed by atoms with van der Waals surface area (Å²) in [7, 11) is 0. The van der Waals surface area contributed by atoms with Gasteiger partial charge in [-0.1, -0.05) is 35.1 Å². The molecular weight excluding hydrogens is 276 g/mol. The van der Waals surface area contributed by atoms with Crippen LogP contribution < -0.4 is 5.32 Å². The molecule has 21 heavy (non-hydrogen) atoms. The van der Waals surface area contributed by atoms with E-state index in [4.69, 9.17) is 0 Å². The second kappa shape index (κ2) is 6.26. The van der Waals surface area contributed by atoms with Crippen LogP contribution in [0, 0.1) is 5.92 Å². The predicted octanol–water partition coefficient (Wildman–Crippen LogP) is 2.20. The highest BCUT2D eigenvalue weighted by Crippen LogP contribution is 2.34. The van der Waals surface area contributed by atoms with Gasteiger partial charge >= 0.3 is 6.55 Å². The van der Waals surface area contributed by atoms with Crippen molar-refractivity contribution in [3.8, 4) is 0 Å². The minimum absolute atomic E-state index is 0.0826. The van der Waals surface area contributed by atoms with E-state index in [1.165, 1.54) is 0 Å². The van der Waals surface area contributed by atoms with Gasteiger partial charge in [0, 0.05) is 0 Å². The number of hydrogen-bond donors (Lipinski definition) is 1. The van der Waals surface area contributed by atoms with Crippen molar-refractivity contribution < 1.29 is 8.78 Å². The van der Waals surface area contributed by atoms with E-state index in [1.54, 1.807) is 0 Å². The number of nitrogens with one attached hydrogen (secondary N) is 1. The van der Waals surface area contributed by atoms with Gasteiger partial charge in [-0.2, -0.15) is 8.78 Å². The number of hydrogen-bond acceptors (Lipinski definition) is 4. The van der Waals surface area contributed by atoms with Gasteiger partial charge in [0.2, 0.25) is 0 Å². The summed E-state index contributed by atoms with van der Waals surface area (Å²) < 4.78 is 25.4. The first-order valence-corrected chi connectivity index (χ1v) is 7.09. The first-order chi connectivity index (χ1) is 10.3. The highest BCUT2D eigenvalue weighted by atomic mass is 19.3. The molecule has 2 aromatic rings. The molecule has 0 saturated carbocycles. The van der Waals surface area contributed by atoms with Crippen LogP contribution in [-0.4, -0.2) is 33.3 Å². The van der Waals surface area contributed by atoms with E-state index in [1.807, 2.05) is 30.3 Å². The maximum atomic E-state index is 12.7. The maximum absolute atomic E-state index is 12.7. The zero-order chi connectivity index (χ0) is 14.7. The van der Waals surface area contributed by atoms with Crippen molar-refractivity contribution in [1.82, 2.24) is 25.5 Å². The Morgan fingerprint density at radius 1 is 1.14 bits per heavy atom. The van der Waals surface area contributed by atoms with Crippen molar-refractivity contribution in [2.75, 3.05) is 13.1 Å². The van der Waals surface area contributed by atoms with Crippen LogP contribution >= 0.6 is 0 Å². The Morgan fingerprint density at radius 3 is 2.48 bits per heavy atom. The van der Waals surface area contributed by atoms with E-state index < -0.39 is 6.55 Å². The van der Waals surface area contributed by atoms with Gasteiger partial charge in [0.15, 0.2) is 5.82 Å². The lowest BCUT2D eigenvalue weighted by Crippen LogP contribution is -2.31. The van der Waals surface area contributed by atoms with Gasteiger partial charge in [-0.15, -0.1) is 10.2 Å². The monoisotopic (exact) mass is 293 g/mol. The zero-order valence-corrected chi connectivity index (χ0v) is 11.5. The molecule has 3 rings (SSSR count). The van der Waals surface area contributed by atoms with Crippen molar-refractivity contribution in [3.05, 3.63) is 41.7 Å². The third kappa shape index (κ3) is 3.07. The average Bonchev–Trinajstić information content (AvgIpc) is 3.00. The van der Waals surface area contributed by atoms with Crippen LogP contribution in [0.15, 0.2) is 30.3 Å². The smallest absolute Gasteiger partial charge is 0.317 e. The molecule has 112 valence electrons. The Morgan fingerprint density at radius 2 is 1.86 bits per heavy atom. The van der Waals surface area contributed by atoms with Crippen molar-refractivity contribution in [3.63, 3.8) is 0 Å². The number of tetrazole rings is 1. The lowest BCUT2D eigenvalue weighted by Gasteiger charge is -2.29.